The number of nitrogens with zero attached hydrogens (tertiary/aromatic N) is 2. The van der Waals surface area contributed by atoms with E-state index in [2.05, 4.69) is 20.3 Å². The Balaban J connectivity index is 1.91. The number of carbonyl (C=O) groups is 2. The van der Waals surface area contributed by atoms with Crippen molar-refractivity contribution < 1.29 is 14.7 Å². The van der Waals surface area contributed by atoms with Gasteiger partial charge in [0, 0.05) is 12.1 Å². The maximum absolute atomic E-state index is 11.9. The molecule has 0 aromatic carbocycles. The van der Waals surface area contributed by atoms with Crippen molar-refractivity contribution in [3.8, 4) is 0 Å². The molecule has 0 spiro atoms. The zero-order valence-electron chi connectivity index (χ0n) is 10.0. The predicted molar refractivity (Wildman–Crippen MR) is 65.8 cm³/mol. The summed E-state index contributed by atoms with van der Waals surface area (Å²) < 4.78 is 0. The molecule has 7 heteroatoms. The molecular weight excluding hydrogens is 248 g/mol. The number of carboxylic acids is 1. The largest absolute Gasteiger partial charge is 0.480 e. The number of nitrogens with one attached hydrogen (secondary N) is 2. The number of carbonyl (C=O) groups excluding carboxylic acids is 1. The second-order valence-corrected chi connectivity index (χ2v) is 4.55. The highest BCUT2D eigenvalue weighted by Crippen LogP contribution is 2.39. The molecule has 3 N–H and O–H groups in total. The summed E-state index contributed by atoms with van der Waals surface area (Å²) in [6, 6.07) is 0. The number of aromatic nitrogens is 3. The third kappa shape index (κ3) is 2.26. The number of aliphatic carboxylic acids is 1. The van der Waals surface area contributed by atoms with Crippen molar-refractivity contribution >= 4 is 23.0 Å². The average molecular weight is 260 g/mol. The van der Waals surface area contributed by atoms with Gasteiger partial charge >= 0.3 is 5.97 Å². The van der Waals surface area contributed by atoms with Crippen LogP contribution in [0.5, 0.6) is 0 Å². The van der Waals surface area contributed by atoms with Crippen molar-refractivity contribution in [1.82, 2.24) is 20.3 Å². The number of amides is 1. The Morgan fingerprint density at radius 3 is 2.95 bits per heavy atom. The fourth-order valence-electron chi connectivity index (χ4n) is 1.91. The first-order chi connectivity index (χ1) is 9.15. The van der Waals surface area contributed by atoms with Crippen LogP contribution in [0.4, 0.5) is 0 Å². The molecule has 7 nitrogen and oxygen atoms in total. The van der Waals surface area contributed by atoms with Crippen molar-refractivity contribution in [2.75, 3.05) is 6.54 Å². The monoisotopic (exact) mass is 260 g/mol. The van der Waals surface area contributed by atoms with Crippen LogP contribution in [0, 0.1) is 0 Å². The third-order valence-electron chi connectivity index (χ3n) is 3.04. The standard InChI is InChI=1S/C12H12N4O3/c17-9(18)5-15-12(19)7-3-13-11-10(7)16-8(4-14-11)6-1-2-6/h3-4,6H,1-2,5H2,(H,13,14)(H,15,19)(H,17,18). The molecule has 19 heavy (non-hydrogen) atoms. The molecule has 0 saturated heterocycles. The van der Waals surface area contributed by atoms with Gasteiger partial charge in [-0.15, -0.1) is 0 Å². The van der Waals surface area contributed by atoms with E-state index in [1.807, 2.05) is 0 Å². The van der Waals surface area contributed by atoms with Gasteiger partial charge in [-0.3, -0.25) is 9.59 Å². The normalized spacial score (nSPS) is 14.5. The van der Waals surface area contributed by atoms with Gasteiger partial charge in [0.25, 0.3) is 5.91 Å². The quantitative estimate of drug-likeness (QED) is 0.748. The summed E-state index contributed by atoms with van der Waals surface area (Å²) in [6.45, 7) is -0.415. The number of aromatic amines is 1. The molecular formula is C12H12N4O3. The van der Waals surface area contributed by atoms with Gasteiger partial charge in [-0.05, 0) is 12.8 Å². The molecule has 1 aliphatic carbocycles. The van der Waals surface area contributed by atoms with E-state index in [-0.39, 0.29) is 0 Å². The molecule has 2 aromatic heterocycles. The molecule has 98 valence electrons. The van der Waals surface area contributed by atoms with Crippen LogP contribution in [0.15, 0.2) is 12.4 Å². The molecule has 1 aliphatic rings. The molecule has 2 heterocycles. The second kappa shape index (κ2) is 4.34. The van der Waals surface area contributed by atoms with Crippen LogP contribution in [-0.4, -0.2) is 38.5 Å². The number of hydrogen-bond donors (Lipinski definition) is 3. The second-order valence-electron chi connectivity index (χ2n) is 4.55. The number of carboxylic acid groups (broad SMARTS) is 1. The highest BCUT2D eigenvalue weighted by atomic mass is 16.4. The van der Waals surface area contributed by atoms with Crippen LogP contribution in [0.2, 0.25) is 0 Å². The lowest BCUT2D eigenvalue weighted by Gasteiger charge is -2.01. The summed E-state index contributed by atoms with van der Waals surface area (Å²) in [7, 11) is 0. The lowest BCUT2D eigenvalue weighted by atomic mass is 10.2. The van der Waals surface area contributed by atoms with Crippen LogP contribution in [0.1, 0.15) is 34.8 Å². The van der Waals surface area contributed by atoms with Gasteiger partial charge in [-0.25, -0.2) is 9.97 Å². The van der Waals surface area contributed by atoms with Gasteiger partial charge < -0.3 is 15.4 Å². The van der Waals surface area contributed by atoms with Crippen LogP contribution in [0.25, 0.3) is 11.2 Å². The summed E-state index contributed by atoms with van der Waals surface area (Å²) in [4.78, 5) is 33.8. The summed E-state index contributed by atoms with van der Waals surface area (Å²) in [5.74, 6) is -1.10. The van der Waals surface area contributed by atoms with Crippen molar-refractivity contribution in [3.05, 3.63) is 23.7 Å². The van der Waals surface area contributed by atoms with Crippen LogP contribution >= 0.6 is 0 Å². The number of hydrogen-bond acceptors (Lipinski definition) is 4. The van der Waals surface area contributed by atoms with E-state index in [0.29, 0.717) is 22.6 Å². The minimum absolute atomic E-state index is 0.325. The summed E-state index contributed by atoms with van der Waals surface area (Å²) in [5, 5.41) is 10.9. The molecule has 1 saturated carbocycles. The molecule has 1 amide bonds. The topological polar surface area (TPSA) is 108 Å². The minimum Gasteiger partial charge on any atom is -0.480 e. The van der Waals surface area contributed by atoms with Crippen LogP contribution in [0.3, 0.4) is 0 Å². The summed E-state index contributed by atoms with van der Waals surface area (Å²) in [6.07, 6.45) is 5.42. The Morgan fingerprint density at radius 1 is 1.47 bits per heavy atom. The molecule has 0 radical (unpaired) electrons. The molecule has 0 atom stereocenters. The Bertz CT molecular complexity index is 660. The molecule has 0 unspecified atom stereocenters. The van der Waals surface area contributed by atoms with Gasteiger partial charge in [0.1, 0.15) is 12.1 Å². The molecule has 3 rings (SSSR count). The molecule has 0 aliphatic heterocycles. The number of fused-ring (bicyclic) bond motifs is 1. The van der Waals surface area contributed by atoms with E-state index in [1.165, 1.54) is 6.20 Å². The highest BCUT2D eigenvalue weighted by Gasteiger charge is 2.26. The van der Waals surface area contributed by atoms with Crippen molar-refractivity contribution in [2.45, 2.75) is 18.8 Å². The van der Waals surface area contributed by atoms with Gasteiger partial charge in [0.2, 0.25) is 0 Å². The molecule has 2 aromatic rings. The Labute approximate surface area is 108 Å². The minimum atomic E-state index is -1.09. The van der Waals surface area contributed by atoms with E-state index in [0.717, 1.165) is 18.5 Å². The van der Waals surface area contributed by atoms with Gasteiger partial charge in [0.05, 0.1) is 17.5 Å². The Morgan fingerprint density at radius 2 is 2.26 bits per heavy atom. The summed E-state index contributed by atoms with van der Waals surface area (Å²) >= 11 is 0. The fourth-order valence-corrected chi connectivity index (χ4v) is 1.91. The molecule has 0 bridgehead atoms. The van der Waals surface area contributed by atoms with Gasteiger partial charge in [-0.2, -0.15) is 0 Å². The van der Waals surface area contributed by atoms with E-state index in [9.17, 15) is 9.59 Å². The first kappa shape index (κ1) is 11.6. The van der Waals surface area contributed by atoms with Gasteiger partial charge in [0.15, 0.2) is 5.65 Å². The van der Waals surface area contributed by atoms with E-state index < -0.39 is 18.4 Å². The Kier molecular flexibility index (Phi) is 2.66. The fraction of sp³-hybridized carbons (Fsp3) is 0.333. The van der Waals surface area contributed by atoms with Crippen molar-refractivity contribution in [3.63, 3.8) is 0 Å². The smallest absolute Gasteiger partial charge is 0.322 e. The van der Waals surface area contributed by atoms with Crippen molar-refractivity contribution in [1.29, 1.82) is 0 Å². The Hall–Kier alpha value is -2.44. The first-order valence-electron chi connectivity index (χ1n) is 5.99. The SMILES string of the molecule is O=C(O)CNC(=O)c1c[nH]c2ncc(C3CC3)nc12. The number of rotatable bonds is 4. The van der Waals surface area contributed by atoms with Crippen LogP contribution in [-0.2, 0) is 4.79 Å². The average Bonchev–Trinajstić information content (AvgIpc) is 3.15. The van der Waals surface area contributed by atoms with E-state index >= 15 is 0 Å². The predicted octanol–water partition coefficient (Wildman–Crippen LogP) is 0.650. The van der Waals surface area contributed by atoms with Crippen LogP contribution < -0.4 is 5.32 Å². The van der Waals surface area contributed by atoms with Gasteiger partial charge in [-0.1, -0.05) is 0 Å². The van der Waals surface area contributed by atoms with Crippen molar-refractivity contribution in [2.24, 2.45) is 0 Å². The number of H-pyrrole nitrogens is 1. The first-order valence-corrected chi connectivity index (χ1v) is 5.99. The van der Waals surface area contributed by atoms with E-state index in [4.69, 9.17) is 5.11 Å². The zero-order chi connectivity index (χ0) is 13.4. The highest BCUT2D eigenvalue weighted by molar-refractivity contribution is 6.05. The zero-order valence-corrected chi connectivity index (χ0v) is 10.0. The maximum Gasteiger partial charge on any atom is 0.322 e. The molecule has 1 fully saturated rings. The lowest BCUT2D eigenvalue weighted by Crippen LogP contribution is -2.29. The maximum atomic E-state index is 11.9. The van der Waals surface area contributed by atoms with E-state index in [1.54, 1.807) is 6.20 Å². The lowest BCUT2D eigenvalue weighted by molar-refractivity contribution is -0.135. The summed E-state index contributed by atoms with van der Waals surface area (Å²) in [5.41, 5.74) is 2.24. The third-order valence-corrected chi connectivity index (χ3v) is 3.04.